The monoisotopic (exact) mass is 475 g/mol. The number of nitrogens with one attached hydrogen (secondary N) is 1. The summed E-state index contributed by atoms with van der Waals surface area (Å²) >= 11 is 0. The van der Waals surface area contributed by atoms with Gasteiger partial charge in [-0.15, -0.1) is 0 Å². The molecule has 0 aromatic heterocycles. The molecule has 3 rings (SSSR count). The van der Waals surface area contributed by atoms with Gasteiger partial charge >= 0.3 is 5.97 Å². The third-order valence-corrected chi connectivity index (χ3v) is 5.82. The van der Waals surface area contributed by atoms with Crippen molar-refractivity contribution in [2.45, 2.75) is 4.90 Å². The van der Waals surface area contributed by atoms with Crippen LogP contribution >= 0.6 is 0 Å². The van der Waals surface area contributed by atoms with Gasteiger partial charge in [0.15, 0.2) is 11.5 Å². The number of esters is 1. The molecule has 33 heavy (non-hydrogen) atoms. The maximum Gasteiger partial charge on any atom is 0.340 e. The van der Waals surface area contributed by atoms with Gasteiger partial charge in [-0.2, -0.15) is 0 Å². The fourth-order valence-corrected chi connectivity index (χ4v) is 3.93. The van der Waals surface area contributed by atoms with Crippen LogP contribution in [0.4, 0.5) is 10.1 Å². The van der Waals surface area contributed by atoms with Crippen molar-refractivity contribution in [1.29, 1.82) is 0 Å². The Hall–Kier alpha value is -3.79. The van der Waals surface area contributed by atoms with Gasteiger partial charge in [0, 0.05) is 6.07 Å². The highest BCUT2D eigenvalue weighted by Crippen LogP contribution is 2.30. The molecule has 0 saturated heterocycles. The van der Waals surface area contributed by atoms with Crippen molar-refractivity contribution in [3.05, 3.63) is 78.1 Å². The first kappa shape index (κ1) is 23.9. The Morgan fingerprint density at radius 2 is 1.61 bits per heavy atom. The predicted molar refractivity (Wildman–Crippen MR) is 119 cm³/mol. The second-order valence-corrected chi connectivity index (χ2v) is 8.29. The summed E-state index contributed by atoms with van der Waals surface area (Å²) in [5.74, 6) is -0.0720. The van der Waals surface area contributed by atoms with Gasteiger partial charge in [0.2, 0.25) is 0 Å². The molecule has 0 unspecified atom stereocenters. The molecule has 1 N–H and O–H groups in total. The molecule has 0 amide bonds. The van der Waals surface area contributed by atoms with Crippen molar-refractivity contribution < 1.29 is 36.6 Å². The van der Waals surface area contributed by atoms with Gasteiger partial charge in [-0.05, 0) is 48.5 Å². The Morgan fingerprint density at radius 3 is 2.30 bits per heavy atom. The quantitative estimate of drug-likeness (QED) is 0.351. The lowest BCUT2D eigenvalue weighted by molar-refractivity contribution is 0.0451. The largest absolute Gasteiger partial charge is 0.493 e. The normalized spacial score (nSPS) is 10.9. The number of sulfonamides is 1. The number of methoxy groups -OCH3 is 2. The molecule has 0 aliphatic carbocycles. The van der Waals surface area contributed by atoms with Crippen molar-refractivity contribution in [2.24, 2.45) is 0 Å². The van der Waals surface area contributed by atoms with Gasteiger partial charge in [0.05, 0.1) is 30.4 Å². The zero-order valence-corrected chi connectivity index (χ0v) is 18.7. The standard InChI is InChI=1S/C23H22FNO7S/c1-29-21-12-11-18(15-22(21)30-2)33(27,28)25-20-6-4-3-5-19(20)23(26)32-14-13-31-17-9-7-16(24)8-10-17/h3-12,15,25H,13-14H2,1-2H3. The van der Waals surface area contributed by atoms with E-state index in [4.69, 9.17) is 18.9 Å². The van der Waals surface area contributed by atoms with E-state index in [2.05, 4.69) is 4.72 Å². The van der Waals surface area contributed by atoms with Gasteiger partial charge in [-0.1, -0.05) is 12.1 Å². The molecule has 0 fully saturated rings. The first-order valence-electron chi connectivity index (χ1n) is 9.73. The Bertz CT molecular complexity index is 1210. The fraction of sp³-hybridized carbons (Fsp3) is 0.174. The van der Waals surface area contributed by atoms with E-state index < -0.39 is 16.0 Å². The number of rotatable bonds is 10. The van der Waals surface area contributed by atoms with Crippen molar-refractivity contribution in [2.75, 3.05) is 32.2 Å². The highest BCUT2D eigenvalue weighted by molar-refractivity contribution is 7.92. The minimum atomic E-state index is -4.04. The summed E-state index contributed by atoms with van der Waals surface area (Å²) in [6.45, 7) is -0.0517. The SMILES string of the molecule is COc1ccc(S(=O)(=O)Nc2ccccc2C(=O)OCCOc2ccc(F)cc2)cc1OC. The van der Waals surface area contributed by atoms with Gasteiger partial charge in [0.25, 0.3) is 10.0 Å². The number of carbonyl (C=O) groups excluding carboxylic acids is 1. The van der Waals surface area contributed by atoms with Crippen molar-refractivity contribution in [1.82, 2.24) is 0 Å². The molecule has 3 aromatic rings. The minimum Gasteiger partial charge on any atom is -0.493 e. The van der Waals surface area contributed by atoms with Crippen LogP contribution in [0.25, 0.3) is 0 Å². The Labute approximate surface area is 190 Å². The van der Waals surface area contributed by atoms with E-state index >= 15 is 0 Å². The second kappa shape index (κ2) is 10.7. The molecule has 0 spiro atoms. The molecule has 10 heteroatoms. The molecular formula is C23H22FNO7S. The molecule has 174 valence electrons. The Kier molecular flexibility index (Phi) is 7.73. The first-order valence-corrected chi connectivity index (χ1v) is 11.2. The molecule has 8 nitrogen and oxygen atoms in total. The number of benzene rings is 3. The van der Waals surface area contributed by atoms with E-state index in [0.29, 0.717) is 11.5 Å². The average molecular weight is 475 g/mol. The number of anilines is 1. The summed E-state index contributed by atoms with van der Waals surface area (Å²) < 4.78 is 61.9. The van der Waals surface area contributed by atoms with Gasteiger partial charge in [-0.3, -0.25) is 4.72 Å². The number of ether oxygens (including phenoxy) is 4. The third-order valence-electron chi connectivity index (χ3n) is 4.46. The lowest BCUT2D eigenvalue weighted by Crippen LogP contribution is -2.18. The van der Waals surface area contributed by atoms with Crippen molar-refractivity contribution in [3.8, 4) is 17.2 Å². The van der Waals surface area contributed by atoms with Crippen molar-refractivity contribution in [3.63, 3.8) is 0 Å². The molecule has 0 bridgehead atoms. The summed E-state index contributed by atoms with van der Waals surface area (Å²) in [6.07, 6.45) is 0. The van der Waals surface area contributed by atoms with Crippen LogP contribution in [-0.4, -0.2) is 41.8 Å². The third kappa shape index (κ3) is 6.13. The van der Waals surface area contributed by atoms with Gasteiger partial charge in [0.1, 0.15) is 24.8 Å². The maximum absolute atomic E-state index is 12.9. The van der Waals surface area contributed by atoms with E-state index in [0.717, 1.165) is 0 Å². The van der Waals surface area contributed by atoms with E-state index in [-0.39, 0.29) is 40.9 Å². The van der Waals surface area contributed by atoms with Gasteiger partial charge in [-0.25, -0.2) is 17.6 Å². The van der Waals surface area contributed by atoms with Crippen LogP contribution < -0.4 is 18.9 Å². The fourth-order valence-electron chi connectivity index (χ4n) is 2.84. The average Bonchev–Trinajstić information content (AvgIpc) is 2.82. The number of hydrogen-bond donors (Lipinski definition) is 1. The molecule has 3 aromatic carbocycles. The summed E-state index contributed by atoms with van der Waals surface area (Å²) in [7, 11) is -1.20. The molecular weight excluding hydrogens is 453 g/mol. The first-order chi connectivity index (χ1) is 15.8. The van der Waals surface area contributed by atoms with Crippen LogP contribution in [0.3, 0.4) is 0 Å². The summed E-state index contributed by atoms with van der Waals surface area (Å²) in [4.78, 5) is 12.5. The predicted octanol–water partition coefficient (Wildman–Crippen LogP) is 3.88. The highest BCUT2D eigenvalue weighted by Gasteiger charge is 2.21. The van der Waals surface area contributed by atoms with Crippen LogP contribution in [0.2, 0.25) is 0 Å². The second-order valence-electron chi connectivity index (χ2n) is 6.61. The van der Waals surface area contributed by atoms with Crippen LogP contribution in [-0.2, 0) is 14.8 Å². The van der Waals surface area contributed by atoms with Crippen LogP contribution in [0.15, 0.2) is 71.6 Å². The maximum atomic E-state index is 12.9. The van der Waals surface area contributed by atoms with E-state index in [9.17, 15) is 17.6 Å². The minimum absolute atomic E-state index is 0.0309. The summed E-state index contributed by atoms with van der Waals surface area (Å²) in [5.41, 5.74) is 0.0834. The van der Waals surface area contributed by atoms with E-state index in [1.165, 1.54) is 68.8 Å². The Balaban J connectivity index is 1.68. The van der Waals surface area contributed by atoms with Crippen molar-refractivity contribution >= 4 is 21.7 Å². The van der Waals surface area contributed by atoms with E-state index in [1.807, 2.05) is 0 Å². The number of para-hydroxylation sites is 1. The molecule has 0 radical (unpaired) electrons. The summed E-state index contributed by atoms with van der Waals surface area (Å²) in [5, 5.41) is 0. The summed E-state index contributed by atoms with van der Waals surface area (Å²) in [6, 6.07) is 15.6. The molecule has 0 heterocycles. The molecule has 0 aliphatic rings. The van der Waals surface area contributed by atoms with E-state index in [1.54, 1.807) is 12.1 Å². The number of halogens is 1. The number of carbonyl (C=O) groups is 1. The van der Waals surface area contributed by atoms with Crippen LogP contribution in [0.5, 0.6) is 17.2 Å². The zero-order chi connectivity index (χ0) is 23.8. The Morgan fingerprint density at radius 1 is 0.909 bits per heavy atom. The lowest BCUT2D eigenvalue weighted by Gasteiger charge is -2.14. The van der Waals surface area contributed by atoms with Crippen LogP contribution in [0, 0.1) is 5.82 Å². The highest BCUT2D eigenvalue weighted by atomic mass is 32.2. The lowest BCUT2D eigenvalue weighted by atomic mass is 10.2. The van der Waals surface area contributed by atoms with Gasteiger partial charge < -0.3 is 18.9 Å². The van der Waals surface area contributed by atoms with Crippen LogP contribution in [0.1, 0.15) is 10.4 Å². The molecule has 0 atom stereocenters. The molecule has 0 saturated carbocycles. The zero-order valence-electron chi connectivity index (χ0n) is 17.9. The number of hydrogen-bond acceptors (Lipinski definition) is 7. The topological polar surface area (TPSA) is 100 Å². The smallest absolute Gasteiger partial charge is 0.340 e. The molecule has 0 aliphatic heterocycles.